The van der Waals surface area contributed by atoms with Crippen LogP contribution in [0.1, 0.15) is 0 Å². The summed E-state index contributed by atoms with van der Waals surface area (Å²) in [6.45, 7) is 1.00. The molecular formula is C12H13BrN2O2. The molecule has 0 atom stereocenters. The second-order valence-electron chi connectivity index (χ2n) is 3.50. The van der Waals surface area contributed by atoms with Crippen LogP contribution in [0.15, 0.2) is 41.1 Å². The molecule has 4 nitrogen and oxygen atoms in total. The molecule has 2 rings (SSSR count). The van der Waals surface area contributed by atoms with Crippen molar-refractivity contribution in [3.8, 4) is 11.5 Å². The van der Waals surface area contributed by atoms with Gasteiger partial charge in [0, 0.05) is 11.5 Å². The first-order valence-corrected chi connectivity index (χ1v) is 6.03. The van der Waals surface area contributed by atoms with Crippen molar-refractivity contribution in [2.75, 3.05) is 13.2 Å². The summed E-state index contributed by atoms with van der Waals surface area (Å²) in [7, 11) is 1.85. The highest BCUT2D eigenvalue weighted by molar-refractivity contribution is 9.10. The van der Waals surface area contributed by atoms with Crippen molar-refractivity contribution in [1.29, 1.82) is 0 Å². The van der Waals surface area contributed by atoms with Gasteiger partial charge in [-0.05, 0) is 18.2 Å². The molecule has 0 spiro atoms. The van der Waals surface area contributed by atoms with Gasteiger partial charge in [0.1, 0.15) is 19.0 Å². The molecule has 0 fully saturated rings. The molecule has 1 heterocycles. The van der Waals surface area contributed by atoms with Crippen LogP contribution < -0.4 is 9.47 Å². The van der Waals surface area contributed by atoms with Crippen molar-refractivity contribution in [2.24, 2.45) is 7.05 Å². The van der Waals surface area contributed by atoms with E-state index in [2.05, 4.69) is 21.0 Å². The SMILES string of the molecule is Cn1cc(OCCOc2cccc(Br)c2)cn1. The van der Waals surface area contributed by atoms with Crippen molar-refractivity contribution in [2.45, 2.75) is 0 Å². The van der Waals surface area contributed by atoms with E-state index in [0.717, 1.165) is 16.0 Å². The minimum atomic E-state index is 0.498. The molecule has 0 bridgehead atoms. The Morgan fingerprint density at radius 1 is 1.24 bits per heavy atom. The molecule has 5 heteroatoms. The Labute approximate surface area is 108 Å². The molecular weight excluding hydrogens is 284 g/mol. The van der Waals surface area contributed by atoms with Crippen LogP contribution in [-0.2, 0) is 7.05 Å². The normalized spacial score (nSPS) is 10.2. The Morgan fingerprint density at radius 2 is 2.00 bits per heavy atom. The van der Waals surface area contributed by atoms with Gasteiger partial charge in [-0.2, -0.15) is 5.10 Å². The van der Waals surface area contributed by atoms with Crippen LogP contribution >= 0.6 is 15.9 Å². The monoisotopic (exact) mass is 296 g/mol. The summed E-state index contributed by atoms with van der Waals surface area (Å²) >= 11 is 3.39. The number of halogens is 1. The maximum absolute atomic E-state index is 5.53. The average Bonchev–Trinajstić information content (AvgIpc) is 2.71. The minimum Gasteiger partial charge on any atom is -0.490 e. The molecule has 0 aliphatic rings. The summed E-state index contributed by atoms with van der Waals surface area (Å²) in [6.07, 6.45) is 3.50. The van der Waals surface area contributed by atoms with Gasteiger partial charge in [0.15, 0.2) is 5.75 Å². The molecule has 0 saturated carbocycles. The maximum Gasteiger partial charge on any atom is 0.157 e. The first-order valence-electron chi connectivity index (χ1n) is 5.24. The second-order valence-corrected chi connectivity index (χ2v) is 4.42. The summed E-state index contributed by atoms with van der Waals surface area (Å²) in [5.74, 6) is 1.58. The van der Waals surface area contributed by atoms with E-state index in [1.807, 2.05) is 37.5 Å². The molecule has 1 aromatic heterocycles. The van der Waals surface area contributed by atoms with E-state index in [-0.39, 0.29) is 0 Å². The maximum atomic E-state index is 5.53. The molecule has 0 saturated heterocycles. The van der Waals surface area contributed by atoms with Gasteiger partial charge in [0.05, 0.1) is 12.4 Å². The average molecular weight is 297 g/mol. The predicted octanol–water partition coefficient (Wildman–Crippen LogP) is 2.64. The Bertz CT molecular complexity index is 485. The van der Waals surface area contributed by atoms with E-state index in [1.54, 1.807) is 10.9 Å². The number of aryl methyl sites for hydroxylation is 1. The highest BCUT2D eigenvalue weighted by Crippen LogP contribution is 2.17. The topological polar surface area (TPSA) is 36.3 Å². The van der Waals surface area contributed by atoms with Gasteiger partial charge >= 0.3 is 0 Å². The van der Waals surface area contributed by atoms with Gasteiger partial charge in [-0.15, -0.1) is 0 Å². The molecule has 0 radical (unpaired) electrons. The number of nitrogens with zero attached hydrogens (tertiary/aromatic N) is 2. The summed E-state index contributed by atoms with van der Waals surface area (Å²) in [6, 6.07) is 7.72. The smallest absolute Gasteiger partial charge is 0.157 e. The highest BCUT2D eigenvalue weighted by atomic mass is 79.9. The molecule has 17 heavy (non-hydrogen) atoms. The fourth-order valence-electron chi connectivity index (χ4n) is 1.35. The van der Waals surface area contributed by atoms with E-state index in [9.17, 15) is 0 Å². The highest BCUT2D eigenvalue weighted by Gasteiger charge is 1.98. The molecule has 0 unspecified atom stereocenters. The van der Waals surface area contributed by atoms with Gasteiger partial charge in [-0.1, -0.05) is 22.0 Å². The lowest BCUT2D eigenvalue weighted by Crippen LogP contribution is -2.08. The zero-order chi connectivity index (χ0) is 12.1. The van der Waals surface area contributed by atoms with Crippen molar-refractivity contribution in [3.05, 3.63) is 41.1 Å². The van der Waals surface area contributed by atoms with Gasteiger partial charge in [0.25, 0.3) is 0 Å². The fraction of sp³-hybridized carbons (Fsp3) is 0.250. The standard InChI is InChI=1S/C12H13BrN2O2/c1-15-9-12(8-14-15)17-6-5-16-11-4-2-3-10(13)7-11/h2-4,7-9H,5-6H2,1H3. The van der Waals surface area contributed by atoms with Gasteiger partial charge in [-0.3, -0.25) is 4.68 Å². The van der Waals surface area contributed by atoms with Gasteiger partial charge in [0.2, 0.25) is 0 Å². The lowest BCUT2D eigenvalue weighted by atomic mass is 10.3. The summed E-state index contributed by atoms with van der Waals surface area (Å²) < 4.78 is 13.7. The van der Waals surface area contributed by atoms with E-state index >= 15 is 0 Å². The molecule has 1 aromatic carbocycles. The zero-order valence-electron chi connectivity index (χ0n) is 9.47. The predicted molar refractivity (Wildman–Crippen MR) is 68.3 cm³/mol. The minimum absolute atomic E-state index is 0.498. The van der Waals surface area contributed by atoms with Gasteiger partial charge < -0.3 is 9.47 Å². The number of hydrogen-bond acceptors (Lipinski definition) is 3. The number of benzene rings is 1. The Kier molecular flexibility index (Phi) is 4.03. The van der Waals surface area contributed by atoms with E-state index in [4.69, 9.17) is 9.47 Å². The number of ether oxygens (including phenoxy) is 2. The van der Waals surface area contributed by atoms with Crippen LogP contribution in [0.25, 0.3) is 0 Å². The van der Waals surface area contributed by atoms with Crippen molar-refractivity contribution in [1.82, 2.24) is 9.78 Å². The molecule has 0 amide bonds. The molecule has 0 aliphatic heterocycles. The van der Waals surface area contributed by atoms with E-state index in [1.165, 1.54) is 0 Å². The summed E-state index contributed by atoms with van der Waals surface area (Å²) in [5.41, 5.74) is 0. The van der Waals surface area contributed by atoms with Crippen LogP contribution in [0.3, 0.4) is 0 Å². The van der Waals surface area contributed by atoms with Crippen LogP contribution in [0.4, 0.5) is 0 Å². The number of aromatic nitrogens is 2. The van der Waals surface area contributed by atoms with Crippen molar-refractivity contribution >= 4 is 15.9 Å². The first-order chi connectivity index (χ1) is 8.24. The zero-order valence-corrected chi connectivity index (χ0v) is 11.1. The van der Waals surface area contributed by atoms with E-state index < -0.39 is 0 Å². The Morgan fingerprint density at radius 3 is 2.65 bits per heavy atom. The fourth-order valence-corrected chi connectivity index (χ4v) is 1.73. The van der Waals surface area contributed by atoms with Crippen molar-refractivity contribution in [3.63, 3.8) is 0 Å². The first kappa shape index (κ1) is 12.0. The number of hydrogen-bond donors (Lipinski definition) is 0. The van der Waals surface area contributed by atoms with Crippen LogP contribution in [0.5, 0.6) is 11.5 Å². The number of rotatable bonds is 5. The Hall–Kier alpha value is -1.49. The third-order valence-corrected chi connectivity index (χ3v) is 2.59. The van der Waals surface area contributed by atoms with Crippen LogP contribution in [0, 0.1) is 0 Å². The summed E-state index contributed by atoms with van der Waals surface area (Å²) in [4.78, 5) is 0. The van der Waals surface area contributed by atoms with E-state index in [0.29, 0.717) is 13.2 Å². The molecule has 90 valence electrons. The third-order valence-electron chi connectivity index (χ3n) is 2.10. The lowest BCUT2D eigenvalue weighted by Gasteiger charge is -2.06. The largest absolute Gasteiger partial charge is 0.490 e. The Balaban J connectivity index is 1.73. The van der Waals surface area contributed by atoms with Crippen LogP contribution in [-0.4, -0.2) is 23.0 Å². The summed E-state index contributed by atoms with van der Waals surface area (Å²) in [5, 5.41) is 4.01. The van der Waals surface area contributed by atoms with Gasteiger partial charge in [-0.25, -0.2) is 0 Å². The molecule has 2 aromatic rings. The van der Waals surface area contributed by atoms with Crippen molar-refractivity contribution < 1.29 is 9.47 Å². The molecule has 0 aliphatic carbocycles. The lowest BCUT2D eigenvalue weighted by molar-refractivity contribution is 0.217. The second kappa shape index (κ2) is 5.72. The molecule has 0 N–H and O–H groups in total. The van der Waals surface area contributed by atoms with Crippen LogP contribution in [0.2, 0.25) is 0 Å². The quantitative estimate of drug-likeness (QED) is 0.796. The third kappa shape index (κ3) is 3.78.